The number of ether oxygens (including phenoxy) is 3. The average Bonchev–Trinajstić information content (AvgIpc) is 2.79. The topological polar surface area (TPSA) is 48.0 Å². The molecule has 1 spiro atoms. The summed E-state index contributed by atoms with van der Waals surface area (Å²) in [5.74, 6) is 1.86. The highest BCUT2D eigenvalue weighted by atomic mass is 16.5. The van der Waals surface area contributed by atoms with E-state index in [0.29, 0.717) is 25.0 Å². The standard InChI is InChI=1S/C25H37NO4/c27-24(19-21-7-3-1-4-8-21)26-14-12-25(13-15-26)20-23(11-16-30-25)29-18-17-28-22-9-5-2-6-10-22/h2,5-6,9-10,21,23H,1,3-4,7-8,11-20H2. The summed E-state index contributed by atoms with van der Waals surface area (Å²) in [4.78, 5) is 14.8. The molecule has 5 heteroatoms. The van der Waals surface area contributed by atoms with Crippen molar-refractivity contribution >= 4 is 5.91 Å². The van der Waals surface area contributed by atoms with Gasteiger partial charge in [0.25, 0.3) is 0 Å². The molecule has 2 heterocycles. The first-order valence-electron chi connectivity index (χ1n) is 11.9. The zero-order chi connectivity index (χ0) is 20.7. The fourth-order valence-corrected chi connectivity index (χ4v) is 5.30. The Kier molecular flexibility index (Phi) is 7.67. The van der Waals surface area contributed by atoms with Gasteiger partial charge in [0.15, 0.2) is 0 Å². The number of nitrogens with zero attached hydrogens (tertiary/aromatic N) is 1. The van der Waals surface area contributed by atoms with E-state index in [2.05, 4.69) is 4.90 Å². The van der Waals surface area contributed by atoms with E-state index in [-0.39, 0.29) is 11.7 Å². The first-order valence-corrected chi connectivity index (χ1v) is 11.9. The molecule has 2 aliphatic heterocycles. The summed E-state index contributed by atoms with van der Waals surface area (Å²) in [6, 6.07) is 9.87. The van der Waals surface area contributed by atoms with Gasteiger partial charge >= 0.3 is 0 Å². The molecule has 3 aliphatic rings. The van der Waals surface area contributed by atoms with Gasteiger partial charge in [-0.1, -0.05) is 37.5 Å². The lowest BCUT2D eigenvalue weighted by Gasteiger charge is -2.46. The number of rotatable bonds is 7. The molecule has 30 heavy (non-hydrogen) atoms. The monoisotopic (exact) mass is 415 g/mol. The van der Waals surface area contributed by atoms with Crippen LogP contribution in [0.1, 0.15) is 64.2 Å². The van der Waals surface area contributed by atoms with E-state index in [9.17, 15) is 4.79 Å². The normalized spacial score (nSPS) is 24.7. The third-order valence-corrected chi connectivity index (χ3v) is 7.11. The van der Waals surface area contributed by atoms with Crippen molar-refractivity contribution in [1.82, 2.24) is 4.90 Å². The van der Waals surface area contributed by atoms with Gasteiger partial charge in [-0.25, -0.2) is 0 Å². The summed E-state index contributed by atoms with van der Waals surface area (Å²) in [6.45, 7) is 3.57. The number of likely N-dealkylation sites (tertiary alicyclic amines) is 1. The minimum Gasteiger partial charge on any atom is -0.491 e. The maximum absolute atomic E-state index is 12.7. The van der Waals surface area contributed by atoms with Crippen LogP contribution in [0, 0.1) is 5.92 Å². The van der Waals surface area contributed by atoms with Crippen molar-refractivity contribution in [1.29, 1.82) is 0 Å². The Morgan fingerprint density at radius 1 is 1.03 bits per heavy atom. The highest BCUT2D eigenvalue weighted by Gasteiger charge is 2.41. The smallest absolute Gasteiger partial charge is 0.222 e. The van der Waals surface area contributed by atoms with Crippen LogP contribution in [0.15, 0.2) is 30.3 Å². The predicted octanol–water partition coefficient (Wildman–Crippen LogP) is 4.59. The van der Waals surface area contributed by atoms with Gasteiger partial charge in [0, 0.05) is 32.5 Å². The highest BCUT2D eigenvalue weighted by molar-refractivity contribution is 5.76. The molecule has 1 aliphatic carbocycles. The Hall–Kier alpha value is -1.59. The molecule has 166 valence electrons. The molecule has 1 aromatic rings. The number of amides is 1. The van der Waals surface area contributed by atoms with Crippen LogP contribution in [0.25, 0.3) is 0 Å². The molecule has 0 radical (unpaired) electrons. The van der Waals surface area contributed by atoms with Gasteiger partial charge in [-0.05, 0) is 50.2 Å². The molecular weight excluding hydrogens is 378 g/mol. The molecule has 5 nitrogen and oxygen atoms in total. The summed E-state index contributed by atoms with van der Waals surface area (Å²) in [5.41, 5.74) is -0.106. The zero-order valence-electron chi connectivity index (χ0n) is 18.2. The van der Waals surface area contributed by atoms with Crippen molar-refractivity contribution in [2.45, 2.75) is 75.9 Å². The second-order valence-electron chi connectivity index (χ2n) is 9.27. The minimum atomic E-state index is -0.106. The zero-order valence-corrected chi connectivity index (χ0v) is 18.2. The molecule has 0 bridgehead atoms. The maximum Gasteiger partial charge on any atom is 0.222 e. The number of benzene rings is 1. The van der Waals surface area contributed by atoms with Gasteiger partial charge in [0.05, 0.1) is 18.3 Å². The van der Waals surface area contributed by atoms with Crippen molar-refractivity contribution in [2.75, 3.05) is 32.9 Å². The summed E-state index contributed by atoms with van der Waals surface area (Å²) in [6.07, 6.45) is 11.1. The van der Waals surface area contributed by atoms with E-state index in [1.165, 1.54) is 32.1 Å². The average molecular weight is 416 g/mol. The van der Waals surface area contributed by atoms with Crippen LogP contribution in [0.2, 0.25) is 0 Å². The second kappa shape index (κ2) is 10.6. The third-order valence-electron chi connectivity index (χ3n) is 7.11. The molecular formula is C25H37NO4. The molecule has 1 saturated carbocycles. The van der Waals surface area contributed by atoms with E-state index in [1.54, 1.807) is 0 Å². The molecule has 1 amide bonds. The van der Waals surface area contributed by atoms with E-state index in [0.717, 1.165) is 57.6 Å². The van der Waals surface area contributed by atoms with Crippen molar-refractivity contribution in [3.05, 3.63) is 30.3 Å². The molecule has 4 rings (SSSR count). The lowest BCUT2D eigenvalue weighted by Crippen LogP contribution is -2.52. The first kappa shape index (κ1) is 21.6. The van der Waals surface area contributed by atoms with E-state index in [4.69, 9.17) is 14.2 Å². The Labute approximate surface area is 181 Å². The molecule has 1 aromatic carbocycles. The van der Waals surface area contributed by atoms with Gasteiger partial charge in [0.2, 0.25) is 5.91 Å². The Morgan fingerprint density at radius 3 is 2.57 bits per heavy atom. The minimum absolute atomic E-state index is 0.106. The lowest BCUT2D eigenvalue weighted by molar-refractivity contribution is -0.162. The van der Waals surface area contributed by atoms with Crippen LogP contribution in [0.3, 0.4) is 0 Å². The van der Waals surface area contributed by atoms with Gasteiger partial charge in [-0.2, -0.15) is 0 Å². The number of hydrogen-bond acceptors (Lipinski definition) is 4. The Bertz CT molecular complexity index is 650. The van der Waals surface area contributed by atoms with Crippen LogP contribution >= 0.6 is 0 Å². The second-order valence-corrected chi connectivity index (χ2v) is 9.27. The van der Waals surface area contributed by atoms with E-state index in [1.807, 2.05) is 30.3 Å². The highest BCUT2D eigenvalue weighted by Crippen LogP contribution is 2.36. The fraction of sp³-hybridized carbons (Fsp3) is 0.720. The number of para-hydroxylation sites is 1. The SMILES string of the molecule is O=C(CC1CCCCC1)N1CCC2(CC1)CC(OCCOc1ccccc1)CCO2. The van der Waals surface area contributed by atoms with Gasteiger partial charge in [-0.3, -0.25) is 4.79 Å². The van der Waals surface area contributed by atoms with Crippen LogP contribution in [0.5, 0.6) is 5.75 Å². The Morgan fingerprint density at radius 2 is 1.80 bits per heavy atom. The van der Waals surface area contributed by atoms with E-state index < -0.39 is 0 Å². The molecule has 0 N–H and O–H groups in total. The van der Waals surface area contributed by atoms with Crippen molar-refractivity contribution in [3.63, 3.8) is 0 Å². The van der Waals surface area contributed by atoms with Crippen LogP contribution in [-0.4, -0.2) is 55.4 Å². The van der Waals surface area contributed by atoms with Gasteiger partial charge in [-0.15, -0.1) is 0 Å². The quantitative estimate of drug-likeness (QED) is 0.611. The summed E-state index contributed by atoms with van der Waals surface area (Å²) in [7, 11) is 0. The fourth-order valence-electron chi connectivity index (χ4n) is 5.30. The number of carbonyl (C=O) groups excluding carboxylic acids is 1. The molecule has 1 unspecified atom stereocenters. The number of piperidine rings is 1. The number of carbonyl (C=O) groups is 1. The number of hydrogen-bond donors (Lipinski definition) is 0. The van der Waals surface area contributed by atoms with Crippen molar-refractivity contribution < 1.29 is 19.0 Å². The maximum atomic E-state index is 12.7. The summed E-state index contributed by atoms with van der Waals surface area (Å²) in [5, 5.41) is 0. The molecule has 2 saturated heterocycles. The van der Waals surface area contributed by atoms with Crippen LogP contribution < -0.4 is 4.74 Å². The largest absolute Gasteiger partial charge is 0.491 e. The van der Waals surface area contributed by atoms with Crippen LogP contribution in [0.4, 0.5) is 0 Å². The molecule has 3 fully saturated rings. The van der Waals surface area contributed by atoms with E-state index >= 15 is 0 Å². The Balaban J connectivity index is 1.17. The lowest BCUT2D eigenvalue weighted by atomic mass is 9.82. The summed E-state index contributed by atoms with van der Waals surface area (Å²) < 4.78 is 18.1. The van der Waals surface area contributed by atoms with Gasteiger partial charge < -0.3 is 19.1 Å². The van der Waals surface area contributed by atoms with Crippen molar-refractivity contribution in [3.8, 4) is 5.75 Å². The molecule has 0 aromatic heterocycles. The summed E-state index contributed by atoms with van der Waals surface area (Å²) >= 11 is 0. The molecule has 1 atom stereocenters. The van der Waals surface area contributed by atoms with Crippen molar-refractivity contribution in [2.24, 2.45) is 5.92 Å². The predicted molar refractivity (Wildman–Crippen MR) is 117 cm³/mol. The first-order chi connectivity index (χ1) is 14.7. The van der Waals surface area contributed by atoms with Gasteiger partial charge in [0.1, 0.15) is 12.4 Å². The van der Waals surface area contributed by atoms with Crippen LogP contribution in [-0.2, 0) is 14.3 Å². The third kappa shape index (κ3) is 5.98.